The molecule has 0 bridgehead atoms. The Hall–Kier alpha value is -2.62. The molecule has 0 N–H and O–H groups in total. The molecule has 0 fully saturated rings. The summed E-state index contributed by atoms with van der Waals surface area (Å²) < 4.78 is 0. The second-order valence-corrected chi connectivity index (χ2v) is 7.57. The van der Waals surface area contributed by atoms with Gasteiger partial charge in [-0.15, -0.1) is 0 Å². The third-order valence-electron chi connectivity index (χ3n) is 5.38. The molecule has 150 valence electrons. The second-order valence-electron chi connectivity index (χ2n) is 7.57. The van der Waals surface area contributed by atoms with Crippen molar-refractivity contribution in [2.24, 2.45) is 0 Å². The van der Waals surface area contributed by atoms with Crippen molar-refractivity contribution >= 4 is 23.9 Å². The van der Waals surface area contributed by atoms with E-state index in [-0.39, 0.29) is 0 Å². The van der Waals surface area contributed by atoms with Crippen molar-refractivity contribution in [3.05, 3.63) is 58.7 Å². The number of hydrogen-bond acceptors (Lipinski definition) is 4. The molecule has 0 unspecified atom stereocenters. The molecule has 4 nitrogen and oxygen atoms in total. The van der Waals surface area contributed by atoms with Crippen molar-refractivity contribution in [1.82, 2.24) is 0 Å². The standard InChI is InChI=1S/C24H32N2O2/c1-19-15-23(11-9-21(19)17-27)25(3)13-7-5-6-8-14-26(4)24-12-10-22(18-28)20(2)16-24/h9-12,15-18H,5-8,13-14H2,1-4H3. The van der Waals surface area contributed by atoms with Gasteiger partial charge in [-0.3, -0.25) is 9.59 Å². The van der Waals surface area contributed by atoms with E-state index in [4.69, 9.17) is 0 Å². The van der Waals surface area contributed by atoms with Gasteiger partial charge in [0.1, 0.15) is 12.6 Å². The van der Waals surface area contributed by atoms with Crippen LogP contribution in [0.5, 0.6) is 0 Å². The molecular formula is C24H32N2O2. The fourth-order valence-electron chi connectivity index (χ4n) is 3.37. The van der Waals surface area contributed by atoms with Crippen LogP contribution in [0, 0.1) is 13.8 Å². The molecule has 0 radical (unpaired) electrons. The predicted molar refractivity (Wildman–Crippen MR) is 118 cm³/mol. The fourth-order valence-corrected chi connectivity index (χ4v) is 3.37. The first-order valence-electron chi connectivity index (χ1n) is 10.00. The average molecular weight is 381 g/mol. The molecule has 0 aromatic heterocycles. The van der Waals surface area contributed by atoms with E-state index in [1.54, 1.807) is 0 Å². The summed E-state index contributed by atoms with van der Waals surface area (Å²) in [4.78, 5) is 26.4. The largest absolute Gasteiger partial charge is 0.375 e. The lowest BCUT2D eigenvalue weighted by molar-refractivity contribution is 0.111. The number of hydrogen-bond donors (Lipinski definition) is 0. The quantitative estimate of drug-likeness (QED) is 0.403. The Labute approximate surface area is 169 Å². The van der Waals surface area contributed by atoms with E-state index in [1.807, 2.05) is 38.1 Å². The van der Waals surface area contributed by atoms with Gasteiger partial charge in [0.15, 0.2) is 0 Å². The van der Waals surface area contributed by atoms with Crippen LogP contribution in [0.4, 0.5) is 11.4 Å². The number of unbranched alkanes of at least 4 members (excludes halogenated alkanes) is 3. The number of aryl methyl sites for hydroxylation is 2. The zero-order chi connectivity index (χ0) is 20.5. The van der Waals surface area contributed by atoms with Crippen LogP contribution in [-0.4, -0.2) is 39.8 Å². The summed E-state index contributed by atoms with van der Waals surface area (Å²) >= 11 is 0. The van der Waals surface area contributed by atoms with E-state index in [2.05, 4.69) is 36.0 Å². The van der Waals surface area contributed by atoms with Crippen LogP contribution in [0.3, 0.4) is 0 Å². The predicted octanol–water partition coefficient (Wildman–Crippen LogP) is 5.06. The maximum absolute atomic E-state index is 10.9. The SMILES string of the molecule is Cc1cc(N(C)CCCCCCN(C)c2ccc(C=O)c(C)c2)ccc1C=O. The van der Waals surface area contributed by atoms with Crippen LogP contribution in [0.1, 0.15) is 57.5 Å². The summed E-state index contributed by atoms with van der Waals surface area (Å²) in [7, 11) is 4.21. The molecular weight excluding hydrogens is 348 g/mol. The van der Waals surface area contributed by atoms with Gasteiger partial charge >= 0.3 is 0 Å². The second kappa shape index (κ2) is 10.6. The molecule has 2 aromatic carbocycles. The smallest absolute Gasteiger partial charge is 0.150 e. The van der Waals surface area contributed by atoms with Gasteiger partial charge in [0.25, 0.3) is 0 Å². The molecule has 2 rings (SSSR count). The number of carbonyl (C=O) groups is 2. The van der Waals surface area contributed by atoms with Crippen LogP contribution in [0.2, 0.25) is 0 Å². The average Bonchev–Trinajstić information content (AvgIpc) is 2.70. The van der Waals surface area contributed by atoms with Crippen molar-refractivity contribution in [3.63, 3.8) is 0 Å². The summed E-state index contributed by atoms with van der Waals surface area (Å²) in [5, 5.41) is 0. The molecule has 0 atom stereocenters. The van der Waals surface area contributed by atoms with Gasteiger partial charge in [0.05, 0.1) is 0 Å². The number of benzene rings is 2. The first-order chi connectivity index (χ1) is 13.5. The third-order valence-corrected chi connectivity index (χ3v) is 5.38. The maximum Gasteiger partial charge on any atom is 0.150 e. The van der Waals surface area contributed by atoms with Gasteiger partial charge in [-0.05, 0) is 74.2 Å². The number of anilines is 2. The number of carbonyl (C=O) groups excluding carboxylic acids is 2. The highest BCUT2D eigenvalue weighted by atomic mass is 16.1. The van der Waals surface area contributed by atoms with Crippen LogP contribution < -0.4 is 9.80 Å². The van der Waals surface area contributed by atoms with E-state index < -0.39 is 0 Å². The molecule has 28 heavy (non-hydrogen) atoms. The lowest BCUT2D eigenvalue weighted by Gasteiger charge is -2.21. The zero-order valence-corrected chi connectivity index (χ0v) is 17.6. The Morgan fingerprint density at radius 1 is 0.679 bits per heavy atom. The Bertz CT molecular complexity index is 734. The van der Waals surface area contributed by atoms with E-state index >= 15 is 0 Å². The molecule has 0 spiro atoms. The van der Waals surface area contributed by atoms with Crippen LogP contribution >= 0.6 is 0 Å². The summed E-state index contributed by atoms with van der Waals surface area (Å²) in [5.74, 6) is 0. The van der Waals surface area contributed by atoms with E-state index in [9.17, 15) is 9.59 Å². The highest BCUT2D eigenvalue weighted by Crippen LogP contribution is 2.19. The van der Waals surface area contributed by atoms with Gasteiger partial charge in [-0.1, -0.05) is 12.8 Å². The Morgan fingerprint density at radius 2 is 1.07 bits per heavy atom. The summed E-state index contributed by atoms with van der Waals surface area (Å²) in [6.07, 6.45) is 6.53. The third kappa shape index (κ3) is 5.95. The van der Waals surface area contributed by atoms with Crippen molar-refractivity contribution in [2.75, 3.05) is 37.0 Å². The normalized spacial score (nSPS) is 10.6. The first-order valence-corrected chi connectivity index (χ1v) is 10.00. The minimum absolute atomic E-state index is 0.761. The molecule has 0 saturated carbocycles. The van der Waals surface area contributed by atoms with Crippen molar-refractivity contribution in [3.8, 4) is 0 Å². The molecule has 2 aromatic rings. The number of nitrogens with zero attached hydrogens (tertiary/aromatic N) is 2. The van der Waals surface area contributed by atoms with Crippen molar-refractivity contribution in [2.45, 2.75) is 39.5 Å². The van der Waals surface area contributed by atoms with Gasteiger partial charge < -0.3 is 9.80 Å². The highest BCUT2D eigenvalue weighted by Gasteiger charge is 2.05. The van der Waals surface area contributed by atoms with E-state index in [0.717, 1.165) is 72.1 Å². The molecule has 0 amide bonds. The van der Waals surface area contributed by atoms with Gasteiger partial charge in [-0.25, -0.2) is 0 Å². The van der Waals surface area contributed by atoms with Gasteiger partial charge in [0, 0.05) is 49.7 Å². The van der Waals surface area contributed by atoms with E-state index in [0.29, 0.717) is 0 Å². The number of rotatable bonds is 11. The zero-order valence-electron chi connectivity index (χ0n) is 17.6. The lowest BCUT2D eigenvalue weighted by atomic mass is 10.1. The highest BCUT2D eigenvalue weighted by molar-refractivity contribution is 5.79. The maximum atomic E-state index is 10.9. The molecule has 0 saturated heterocycles. The van der Waals surface area contributed by atoms with Crippen LogP contribution in [-0.2, 0) is 0 Å². The molecule has 0 aliphatic heterocycles. The van der Waals surface area contributed by atoms with Crippen molar-refractivity contribution < 1.29 is 9.59 Å². The Balaban J connectivity index is 1.68. The van der Waals surface area contributed by atoms with Gasteiger partial charge in [0.2, 0.25) is 0 Å². The summed E-state index contributed by atoms with van der Waals surface area (Å²) in [5.41, 5.74) is 5.90. The Morgan fingerprint density at radius 3 is 1.39 bits per heavy atom. The summed E-state index contributed by atoms with van der Waals surface area (Å²) in [6.45, 7) is 5.99. The van der Waals surface area contributed by atoms with E-state index in [1.165, 1.54) is 12.8 Å². The van der Waals surface area contributed by atoms with Gasteiger partial charge in [-0.2, -0.15) is 0 Å². The summed E-state index contributed by atoms with van der Waals surface area (Å²) in [6, 6.07) is 12.0. The Kier molecular flexibility index (Phi) is 8.24. The number of aldehydes is 2. The molecule has 0 aliphatic rings. The first kappa shape index (κ1) is 21.7. The topological polar surface area (TPSA) is 40.6 Å². The molecule has 0 aliphatic carbocycles. The minimum Gasteiger partial charge on any atom is -0.375 e. The van der Waals surface area contributed by atoms with Crippen LogP contribution in [0.15, 0.2) is 36.4 Å². The monoisotopic (exact) mass is 380 g/mol. The van der Waals surface area contributed by atoms with Crippen molar-refractivity contribution in [1.29, 1.82) is 0 Å². The molecule has 4 heteroatoms. The molecule has 0 heterocycles. The minimum atomic E-state index is 0.761. The fraction of sp³-hybridized carbons (Fsp3) is 0.417. The lowest BCUT2D eigenvalue weighted by Crippen LogP contribution is -2.19. The van der Waals surface area contributed by atoms with Crippen LogP contribution in [0.25, 0.3) is 0 Å².